The van der Waals surface area contributed by atoms with E-state index < -0.39 is 0 Å². The molecule has 3 rings (SSSR count). The van der Waals surface area contributed by atoms with E-state index in [0.717, 1.165) is 28.0 Å². The van der Waals surface area contributed by atoms with Crippen LogP contribution < -0.4 is 0 Å². The van der Waals surface area contributed by atoms with Gasteiger partial charge in [-0.25, -0.2) is 0 Å². The number of thioether (sulfide) groups is 1. The van der Waals surface area contributed by atoms with E-state index in [-0.39, 0.29) is 9.92 Å². The van der Waals surface area contributed by atoms with Crippen LogP contribution in [0.25, 0.3) is 11.5 Å². The summed E-state index contributed by atoms with van der Waals surface area (Å²) in [4.78, 5) is 10.3. The van der Waals surface area contributed by atoms with Gasteiger partial charge in [0, 0.05) is 22.8 Å². The van der Waals surface area contributed by atoms with E-state index in [1.807, 2.05) is 31.2 Å². The van der Waals surface area contributed by atoms with Crippen LogP contribution in [0.15, 0.2) is 45.4 Å². The Morgan fingerprint density at radius 3 is 2.91 bits per heavy atom. The fourth-order valence-electron chi connectivity index (χ4n) is 1.87. The van der Waals surface area contributed by atoms with Crippen LogP contribution in [-0.4, -0.2) is 15.1 Å². The van der Waals surface area contributed by atoms with Gasteiger partial charge in [-0.15, -0.1) is 10.2 Å². The number of aryl methyl sites for hydroxylation is 1. The van der Waals surface area contributed by atoms with Crippen molar-refractivity contribution >= 4 is 28.1 Å². The Hall–Kier alpha value is -2.19. The van der Waals surface area contributed by atoms with Crippen LogP contribution >= 0.6 is 23.1 Å². The highest BCUT2D eigenvalue weighted by atomic mass is 32.2. The lowest BCUT2D eigenvalue weighted by Crippen LogP contribution is -1.82. The standard InChI is InChI=1S/C14H11N3O3S2/c1-9-4-2-3-5-11(9)13-15-16-14(20-13)22-8-10-6-12(17(18)19)21-7-10/h2-7H,8H2,1H3. The highest BCUT2D eigenvalue weighted by Crippen LogP contribution is 2.30. The monoisotopic (exact) mass is 333 g/mol. The van der Waals surface area contributed by atoms with Crippen molar-refractivity contribution in [3.05, 3.63) is 57.0 Å². The summed E-state index contributed by atoms with van der Waals surface area (Å²) >= 11 is 2.48. The van der Waals surface area contributed by atoms with E-state index in [1.165, 1.54) is 11.8 Å². The molecule has 112 valence electrons. The van der Waals surface area contributed by atoms with Crippen molar-refractivity contribution in [1.29, 1.82) is 0 Å². The zero-order valence-electron chi connectivity index (χ0n) is 11.6. The van der Waals surface area contributed by atoms with Crippen molar-refractivity contribution in [3.63, 3.8) is 0 Å². The summed E-state index contributed by atoms with van der Waals surface area (Å²) in [6.45, 7) is 1.98. The molecule has 0 N–H and O–H groups in total. The first-order valence-electron chi connectivity index (χ1n) is 6.37. The molecule has 0 bridgehead atoms. The molecule has 0 atom stereocenters. The number of nitrogens with zero attached hydrogens (tertiary/aromatic N) is 3. The van der Waals surface area contributed by atoms with Crippen molar-refractivity contribution in [1.82, 2.24) is 10.2 Å². The third-order valence-corrected chi connectivity index (χ3v) is 4.78. The quantitative estimate of drug-likeness (QED) is 0.393. The van der Waals surface area contributed by atoms with Gasteiger partial charge in [-0.1, -0.05) is 41.3 Å². The number of nitro groups is 1. The van der Waals surface area contributed by atoms with Gasteiger partial charge >= 0.3 is 5.00 Å². The van der Waals surface area contributed by atoms with Crippen LogP contribution in [0.4, 0.5) is 5.00 Å². The summed E-state index contributed by atoms with van der Waals surface area (Å²) in [5.74, 6) is 1.04. The summed E-state index contributed by atoms with van der Waals surface area (Å²) in [7, 11) is 0. The van der Waals surface area contributed by atoms with Gasteiger partial charge in [0.15, 0.2) is 0 Å². The summed E-state index contributed by atoms with van der Waals surface area (Å²) in [5.41, 5.74) is 2.85. The maximum atomic E-state index is 10.6. The second-order valence-corrected chi connectivity index (χ2v) is 6.34. The molecule has 0 aliphatic rings. The zero-order valence-corrected chi connectivity index (χ0v) is 13.2. The molecule has 2 heterocycles. The highest BCUT2D eigenvalue weighted by Gasteiger charge is 2.13. The van der Waals surface area contributed by atoms with E-state index >= 15 is 0 Å². The smallest absolute Gasteiger partial charge is 0.324 e. The minimum Gasteiger partial charge on any atom is -0.411 e. The molecule has 3 aromatic rings. The average molecular weight is 333 g/mol. The van der Waals surface area contributed by atoms with Crippen molar-refractivity contribution < 1.29 is 9.34 Å². The van der Waals surface area contributed by atoms with Crippen molar-refractivity contribution in [2.24, 2.45) is 0 Å². The molecular formula is C14H11N3O3S2. The Bertz CT molecular complexity index is 813. The predicted octanol–water partition coefficient (Wildman–Crippen LogP) is 4.31. The average Bonchev–Trinajstić information content (AvgIpc) is 3.15. The molecule has 2 aromatic heterocycles. The molecule has 6 nitrogen and oxygen atoms in total. The number of benzene rings is 1. The Morgan fingerprint density at radius 1 is 1.36 bits per heavy atom. The van der Waals surface area contributed by atoms with Crippen molar-refractivity contribution in [2.45, 2.75) is 17.9 Å². The SMILES string of the molecule is Cc1ccccc1-c1nnc(SCc2csc([N+](=O)[O-])c2)o1. The first-order valence-corrected chi connectivity index (χ1v) is 8.24. The first kappa shape index (κ1) is 14.7. The second kappa shape index (κ2) is 6.29. The van der Waals surface area contributed by atoms with Gasteiger partial charge in [0.2, 0.25) is 5.89 Å². The van der Waals surface area contributed by atoms with Gasteiger partial charge in [-0.2, -0.15) is 0 Å². The van der Waals surface area contributed by atoms with E-state index in [9.17, 15) is 10.1 Å². The van der Waals surface area contributed by atoms with Crippen LogP contribution in [0.2, 0.25) is 0 Å². The summed E-state index contributed by atoms with van der Waals surface area (Å²) in [6, 6.07) is 9.35. The minimum absolute atomic E-state index is 0.140. The largest absolute Gasteiger partial charge is 0.411 e. The van der Waals surface area contributed by atoms with Crippen LogP contribution in [0, 0.1) is 17.0 Å². The number of rotatable bonds is 5. The summed E-state index contributed by atoms with van der Waals surface area (Å²) in [6.07, 6.45) is 0. The molecule has 0 amide bonds. The molecule has 0 saturated heterocycles. The normalized spacial score (nSPS) is 10.8. The lowest BCUT2D eigenvalue weighted by atomic mass is 10.1. The minimum atomic E-state index is -0.387. The number of aromatic nitrogens is 2. The first-order chi connectivity index (χ1) is 10.6. The van der Waals surface area contributed by atoms with Gasteiger partial charge in [-0.3, -0.25) is 10.1 Å². The van der Waals surface area contributed by atoms with Crippen LogP contribution in [0.3, 0.4) is 0 Å². The van der Waals surface area contributed by atoms with Crippen molar-refractivity contribution in [3.8, 4) is 11.5 Å². The number of thiophene rings is 1. The predicted molar refractivity (Wildman–Crippen MR) is 85.0 cm³/mol. The number of hydrogen-bond donors (Lipinski definition) is 0. The topological polar surface area (TPSA) is 82.1 Å². The molecule has 22 heavy (non-hydrogen) atoms. The molecule has 0 radical (unpaired) electrons. The van der Waals surface area contributed by atoms with E-state index in [1.54, 1.807) is 11.4 Å². The summed E-state index contributed by atoms with van der Waals surface area (Å²) in [5, 5.41) is 21.1. The Labute approximate surface area is 134 Å². The molecule has 1 aromatic carbocycles. The highest BCUT2D eigenvalue weighted by molar-refractivity contribution is 7.98. The van der Waals surface area contributed by atoms with Crippen LogP contribution in [0.1, 0.15) is 11.1 Å². The maximum Gasteiger partial charge on any atom is 0.324 e. The van der Waals surface area contributed by atoms with E-state index in [4.69, 9.17) is 4.42 Å². The zero-order chi connectivity index (χ0) is 15.5. The second-order valence-electron chi connectivity index (χ2n) is 4.53. The summed E-state index contributed by atoms with van der Waals surface area (Å²) < 4.78 is 5.64. The van der Waals surface area contributed by atoms with Gasteiger partial charge < -0.3 is 4.42 Å². The van der Waals surface area contributed by atoms with Crippen LogP contribution in [0.5, 0.6) is 0 Å². The van der Waals surface area contributed by atoms with E-state index in [2.05, 4.69) is 10.2 Å². The van der Waals surface area contributed by atoms with Crippen molar-refractivity contribution in [2.75, 3.05) is 0 Å². The van der Waals surface area contributed by atoms with Gasteiger partial charge in [-0.05, 0) is 24.1 Å². The molecule has 8 heteroatoms. The molecule has 0 aliphatic heterocycles. The van der Waals surface area contributed by atoms with Crippen LogP contribution in [-0.2, 0) is 5.75 Å². The Balaban J connectivity index is 1.69. The van der Waals surface area contributed by atoms with E-state index in [0.29, 0.717) is 16.9 Å². The molecular weight excluding hydrogens is 322 g/mol. The number of hydrogen-bond acceptors (Lipinski definition) is 7. The molecule has 0 aliphatic carbocycles. The Kier molecular flexibility index (Phi) is 4.21. The van der Waals surface area contributed by atoms with Gasteiger partial charge in [0.05, 0.1) is 4.92 Å². The maximum absolute atomic E-state index is 10.6. The van der Waals surface area contributed by atoms with Gasteiger partial charge in [0.25, 0.3) is 5.22 Å². The third-order valence-electron chi connectivity index (χ3n) is 2.96. The lowest BCUT2D eigenvalue weighted by molar-refractivity contribution is -0.380. The lowest BCUT2D eigenvalue weighted by Gasteiger charge is -1.98. The molecule has 0 saturated carbocycles. The fraction of sp³-hybridized carbons (Fsp3) is 0.143. The molecule has 0 fully saturated rings. The molecule has 0 unspecified atom stereocenters. The molecule has 0 spiro atoms. The fourth-order valence-corrected chi connectivity index (χ4v) is 3.40. The Morgan fingerprint density at radius 2 is 2.18 bits per heavy atom. The third kappa shape index (κ3) is 3.18. The van der Waals surface area contributed by atoms with Gasteiger partial charge in [0.1, 0.15) is 0 Å².